The smallest absolute Gasteiger partial charge is 0.185 e. The van der Waals surface area contributed by atoms with Gasteiger partial charge in [0.05, 0.1) is 16.6 Å². The molecule has 7 heteroatoms. The van der Waals surface area contributed by atoms with Crippen LogP contribution < -0.4 is 16.2 Å². The van der Waals surface area contributed by atoms with Crippen molar-refractivity contribution < 1.29 is 0 Å². The number of hydrogen-bond acceptors (Lipinski definition) is 4. The number of hydrazine groups is 1. The Labute approximate surface area is 151 Å². The summed E-state index contributed by atoms with van der Waals surface area (Å²) < 4.78 is 1.19. The molecule has 0 aliphatic heterocycles. The highest BCUT2D eigenvalue weighted by atomic mass is 32.1. The van der Waals surface area contributed by atoms with Crippen molar-refractivity contribution in [3.63, 3.8) is 0 Å². The maximum absolute atomic E-state index is 5.37. The van der Waals surface area contributed by atoms with Crippen LogP contribution in [0.1, 0.15) is 37.1 Å². The first-order valence-electron chi connectivity index (χ1n) is 7.90. The van der Waals surface area contributed by atoms with Crippen LogP contribution in [0.3, 0.4) is 0 Å². The summed E-state index contributed by atoms with van der Waals surface area (Å²) in [6.45, 7) is 0. The molecule has 1 aromatic heterocycles. The van der Waals surface area contributed by atoms with Gasteiger partial charge in [0.15, 0.2) is 5.11 Å². The average Bonchev–Trinajstić information content (AvgIpc) is 2.96. The first kappa shape index (κ1) is 16.5. The van der Waals surface area contributed by atoms with Crippen LogP contribution in [-0.2, 0) is 6.42 Å². The van der Waals surface area contributed by atoms with Crippen LogP contribution in [-0.4, -0.2) is 21.1 Å². The number of benzene rings is 1. The molecule has 0 spiro atoms. The minimum atomic E-state index is 0.489. The van der Waals surface area contributed by atoms with E-state index in [0.29, 0.717) is 22.6 Å². The first-order chi connectivity index (χ1) is 11.2. The number of aromatic nitrogens is 1. The molecule has 1 aromatic carbocycles. The van der Waals surface area contributed by atoms with Crippen molar-refractivity contribution in [2.24, 2.45) is 0 Å². The van der Waals surface area contributed by atoms with E-state index in [1.807, 2.05) is 18.2 Å². The maximum Gasteiger partial charge on any atom is 0.185 e. The number of fused-ring (bicyclic) bond motifs is 1. The van der Waals surface area contributed by atoms with Crippen molar-refractivity contribution in [1.82, 2.24) is 21.2 Å². The quantitative estimate of drug-likeness (QED) is 0.573. The van der Waals surface area contributed by atoms with Crippen LogP contribution in [0.5, 0.6) is 0 Å². The Morgan fingerprint density at radius 2 is 1.91 bits per heavy atom. The Morgan fingerprint density at radius 1 is 1.13 bits per heavy atom. The number of rotatable bonds is 3. The zero-order valence-corrected chi connectivity index (χ0v) is 15.3. The molecule has 0 atom stereocenters. The van der Waals surface area contributed by atoms with Crippen LogP contribution >= 0.6 is 35.8 Å². The minimum Gasteiger partial charge on any atom is -0.359 e. The maximum atomic E-state index is 5.37. The van der Waals surface area contributed by atoms with Gasteiger partial charge in [0.25, 0.3) is 0 Å². The molecule has 0 unspecified atom stereocenters. The van der Waals surface area contributed by atoms with E-state index >= 15 is 0 Å². The molecule has 0 radical (unpaired) electrons. The largest absolute Gasteiger partial charge is 0.359 e. The second kappa shape index (κ2) is 7.99. The summed E-state index contributed by atoms with van der Waals surface area (Å²) in [7, 11) is 0. The van der Waals surface area contributed by atoms with Gasteiger partial charge in [0.1, 0.15) is 10.00 Å². The number of nitrogens with one attached hydrogen (secondary N) is 3. The highest BCUT2D eigenvalue weighted by Gasteiger charge is 2.14. The van der Waals surface area contributed by atoms with Gasteiger partial charge >= 0.3 is 0 Å². The molecule has 23 heavy (non-hydrogen) atoms. The normalized spacial score (nSPS) is 15.3. The van der Waals surface area contributed by atoms with E-state index in [0.717, 1.165) is 10.5 Å². The van der Waals surface area contributed by atoms with Gasteiger partial charge in [-0.25, -0.2) is 4.98 Å². The fraction of sp³-hybridized carbons (Fsp3) is 0.438. The second-order valence-corrected chi connectivity index (χ2v) is 7.75. The Morgan fingerprint density at radius 3 is 2.70 bits per heavy atom. The molecule has 4 nitrogen and oxygen atoms in total. The summed E-state index contributed by atoms with van der Waals surface area (Å²) in [5, 5.41) is 4.97. The van der Waals surface area contributed by atoms with Crippen molar-refractivity contribution in [3.05, 3.63) is 29.3 Å². The standard InChI is InChI=1S/C16H20N4S3/c21-14(10-15-18-12-8-4-5-9-13(12)23-15)19-20-16(22)17-11-6-2-1-3-7-11/h4-5,8-9,11H,1-3,6-7,10H2,(H,19,21)(H2,17,20,22). The van der Waals surface area contributed by atoms with Gasteiger partial charge in [-0.3, -0.25) is 10.9 Å². The Bertz CT molecular complexity index is 658. The molecule has 3 N–H and O–H groups in total. The molecule has 122 valence electrons. The number of nitrogens with zero attached hydrogens (tertiary/aromatic N) is 1. The molecule has 3 rings (SSSR count). The van der Waals surface area contributed by atoms with Crippen molar-refractivity contribution >= 4 is 56.1 Å². The molecule has 1 heterocycles. The van der Waals surface area contributed by atoms with E-state index in [9.17, 15) is 0 Å². The van der Waals surface area contributed by atoms with Crippen molar-refractivity contribution in [2.45, 2.75) is 44.6 Å². The third-order valence-corrected chi connectivity index (χ3v) is 5.41. The lowest BCUT2D eigenvalue weighted by Crippen LogP contribution is -2.50. The summed E-state index contributed by atoms with van der Waals surface area (Å²) in [6, 6.07) is 8.61. The summed E-state index contributed by atoms with van der Waals surface area (Å²) >= 11 is 12.4. The molecule has 0 saturated heterocycles. The van der Waals surface area contributed by atoms with Gasteiger partial charge in [0, 0.05) is 6.04 Å². The van der Waals surface area contributed by atoms with E-state index in [4.69, 9.17) is 24.4 Å². The average molecular weight is 365 g/mol. The van der Waals surface area contributed by atoms with Crippen molar-refractivity contribution in [3.8, 4) is 0 Å². The lowest BCUT2D eigenvalue weighted by molar-refractivity contribution is 0.411. The van der Waals surface area contributed by atoms with Gasteiger partial charge in [-0.2, -0.15) is 0 Å². The van der Waals surface area contributed by atoms with Gasteiger partial charge in [0.2, 0.25) is 0 Å². The monoisotopic (exact) mass is 364 g/mol. The molecule has 0 bridgehead atoms. The highest BCUT2D eigenvalue weighted by Crippen LogP contribution is 2.21. The SMILES string of the molecule is S=C(Cc1nc2ccccc2s1)NNC(=S)NC1CCCCC1. The second-order valence-electron chi connectivity index (χ2n) is 5.73. The Kier molecular flexibility index (Phi) is 5.75. The molecule has 1 saturated carbocycles. The fourth-order valence-electron chi connectivity index (χ4n) is 2.77. The topological polar surface area (TPSA) is 49.0 Å². The van der Waals surface area contributed by atoms with Crippen LogP contribution in [0, 0.1) is 0 Å². The highest BCUT2D eigenvalue weighted by molar-refractivity contribution is 7.80. The summed E-state index contributed by atoms with van der Waals surface area (Å²) in [6.07, 6.45) is 6.90. The van der Waals surface area contributed by atoms with E-state index in [1.54, 1.807) is 11.3 Å². The molecule has 1 aliphatic rings. The predicted octanol–water partition coefficient (Wildman–Crippen LogP) is 3.47. The molecule has 1 fully saturated rings. The third-order valence-electron chi connectivity index (χ3n) is 3.91. The number of thiocarbonyl (C=S) groups is 2. The van der Waals surface area contributed by atoms with E-state index in [-0.39, 0.29) is 0 Å². The minimum absolute atomic E-state index is 0.489. The van der Waals surface area contributed by atoms with Gasteiger partial charge in [-0.15, -0.1) is 11.3 Å². The first-order valence-corrected chi connectivity index (χ1v) is 9.54. The van der Waals surface area contributed by atoms with Crippen molar-refractivity contribution in [1.29, 1.82) is 0 Å². The molecule has 0 amide bonds. The van der Waals surface area contributed by atoms with E-state index < -0.39 is 0 Å². The van der Waals surface area contributed by atoms with E-state index in [1.165, 1.54) is 36.8 Å². The Hall–Kier alpha value is -1.31. The third kappa shape index (κ3) is 4.83. The van der Waals surface area contributed by atoms with Gasteiger partial charge in [-0.1, -0.05) is 43.6 Å². The Balaban J connectivity index is 1.44. The number of para-hydroxylation sites is 1. The van der Waals surface area contributed by atoms with Crippen molar-refractivity contribution in [2.75, 3.05) is 0 Å². The fourth-order valence-corrected chi connectivity index (χ4v) is 4.25. The molecular weight excluding hydrogens is 344 g/mol. The lowest BCUT2D eigenvalue weighted by atomic mass is 9.96. The molecule has 1 aliphatic carbocycles. The van der Waals surface area contributed by atoms with E-state index in [2.05, 4.69) is 27.2 Å². The van der Waals surface area contributed by atoms with Crippen LogP contribution in [0.15, 0.2) is 24.3 Å². The zero-order chi connectivity index (χ0) is 16.1. The molecule has 2 aromatic rings. The lowest BCUT2D eigenvalue weighted by Gasteiger charge is -2.24. The number of thiazole rings is 1. The molecular formula is C16H20N4S3. The van der Waals surface area contributed by atoms with Crippen LogP contribution in [0.25, 0.3) is 10.2 Å². The van der Waals surface area contributed by atoms with Gasteiger partial charge in [-0.05, 0) is 37.2 Å². The summed E-state index contributed by atoms with van der Waals surface area (Å²) in [5.41, 5.74) is 7.02. The van der Waals surface area contributed by atoms with Gasteiger partial charge < -0.3 is 5.32 Å². The summed E-state index contributed by atoms with van der Waals surface area (Å²) in [4.78, 5) is 5.28. The predicted molar refractivity (Wildman–Crippen MR) is 105 cm³/mol. The zero-order valence-electron chi connectivity index (χ0n) is 12.8. The number of hydrogen-bond donors (Lipinski definition) is 3. The van der Waals surface area contributed by atoms with Crippen LogP contribution in [0.4, 0.5) is 0 Å². The van der Waals surface area contributed by atoms with Crippen LogP contribution in [0.2, 0.25) is 0 Å². The summed E-state index contributed by atoms with van der Waals surface area (Å²) in [5.74, 6) is 0.